The molecule has 0 bridgehead atoms. The fourth-order valence-electron chi connectivity index (χ4n) is 3.16. The third kappa shape index (κ3) is 5.92. The van der Waals surface area contributed by atoms with Crippen molar-refractivity contribution >= 4 is 29.2 Å². The van der Waals surface area contributed by atoms with Crippen LogP contribution in [0.15, 0.2) is 60.7 Å². The van der Waals surface area contributed by atoms with Crippen LogP contribution in [0.4, 0.5) is 11.4 Å². The molecule has 2 amide bonds. The van der Waals surface area contributed by atoms with E-state index in [1.165, 1.54) is 10.0 Å². The number of para-hydroxylation sites is 2. The van der Waals surface area contributed by atoms with Crippen molar-refractivity contribution in [1.82, 2.24) is 0 Å². The predicted molar refractivity (Wildman–Crippen MR) is 121 cm³/mol. The van der Waals surface area contributed by atoms with Gasteiger partial charge in [-0.05, 0) is 36.6 Å². The Morgan fingerprint density at radius 1 is 0.935 bits per heavy atom. The van der Waals surface area contributed by atoms with Crippen LogP contribution in [0.3, 0.4) is 0 Å². The van der Waals surface area contributed by atoms with Gasteiger partial charge in [-0.3, -0.25) is 14.4 Å². The number of anilines is 2. The molecule has 1 aliphatic rings. The van der Waals surface area contributed by atoms with E-state index in [1.54, 1.807) is 13.8 Å². The van der Waals surface area contributed by atoms with Crippen LogP contribution in [0.25, 0.3) is 0 Å². The van der Waals surface area contributed by atoms with Gasteiger partial charge in [-0.1, -0.05) is 70.0 Å². The molecular weight excluding hydrogens is 394 g/mol. The normalized spacial score (nSPS) is 15.1. The van der Waals surface area contributed by atoms with Gasteiger partial charge in [0.2, 0.25) is 0 Å². The Morgan fingerprint density at radius 2 is 1.35 bits per heavy atom. The molecule has 1 saturated heterocycles. The molecule has 166 valence electrons. The van der Waals surface area contributed by atoms with Gasteiger partial charge in [-0.25, -0.2) is 10.0 Å². The number of carbonyl (C=O) groups excluding carboxylic acids is 2. The fraction of sp³-hybridized carbons (Fsp3) is 0.375. The minimum absolute atomic E-state index is 0.0208. The van der Waals surface area contributed by atoms with E-state index in [-0.39, 0.29) is 17.7 Å². The molecule has 0 aromatic heterocycles. The zero-order valence-electron chi connectivity index (χ0n) is 18.3. The Balaban J connectivity index is 0.000000366. The van der Waals surface area contributed by atoms with Crippen LogP contribution in [0.1, 0.15) is 40.0 Å². The Kier molecular flexibility index (Phi) is 8.75. The number of hydrazine groups is 1. The van der Waals surface area contributed by atoms with E-state index in [2.05, 4.69) is 6.92 Å². The van der Waals surface area contributed by atoms with Gasteiger partial charge < -0.3 is 10.8 Å². The van der Waals surface area contributed by atoms with E-state index >= 15 is 0 Å². The first-order valence-electron chi connectivity index (χ1n) is 10.6. The highest BCUT2D eigenvalue weighted by molar-refractivity contribution is 6.22. The summed E-state index contributed by atoms with van der Waals surface area (Å²) in [5.41, 5.74) is 6.59. The highest BCUT2D eigenvalue weighted by Crippen LogP contribution is 2.33. The lowest BCUT2D eigenvalue weighted by molar-refractivity contribution is -0.139. The van der Waals surface area contributed by atoms with Crippen LogP contribution in [-0.2, 0) is 14.4 Å². The van der Waals surface area contributed by atoms with Crippen molar-refractivity contribution in [2.24, 2.45) is 17.6 Å². The minimum atomic E-state index is -0.931. The Labute approximate surface area is 183 Å². The van der Waals surface area contributed by atoms with Crippen molar-refractivity contribution in [2.75, 3.05) is 10.0 Å². The van der Waals surface area contributed by atoms with Gasteiger partial charge >= 0.3 is 5.97 Å². The first kappa shape index (κ1) is 24.1. The highest BCUT2D eigenvalue weighted by Gasteiger charge is 2.46. The zero-order chi connectivity index (χ0) is 23.0. The number of hydrogen-bond acceptors (Lipinski definition) is 4. The maximum absolute atomic E-state index is 12.9. The molecule has 0 radical (unpaired) electrons. The number of rotatable bonds is 7. The SMILES string of the molecule is CC(C)[C@H](N)C(=O)O.CCCCC1C(=O)N(c2ccccc2)N(c2ccccc2)C1=O. The van der Waals surface area contributed by atoms with Gasteiger partial charge in [-0.2, -0.15) is 0 Å². The Hall–Kier alpha value is -3.19. The van der Waals surface area contributed by atoms with Crippen molar-refractivity contribution in [3.63, 3.8) is 0 Å². The van der Waals surface area contributed by atoms with Crippen LogP contribution >= 0.6 is 0 Å². The summed E-state index contributed by atoms with van der Waals surface area (Å²) >= 11 is 0. The molecule has 3 rings (SSSR count). The lowest BCUT2D eigenvalue weighted by Gasteiger charge is -2.27. The number of hydrogen-bond donors (Lipinski definition) is 2. The summed E-state index contributed by atoms with van der Waals surface area (Å²) in [4.78, 5) is 35.8. The number of nitrogens with zero attached hydrogens (tertiary/aromatic N) is 2. The van der Waals surface area contributed by atoms with Crippen LogP contribution in [0.2, 0.25) is 0 Å². The fourth-order valence-corrected chi connectivity index (χ4v) is 3.16. The highest BCUT2D eigenvalue weighted by atomic mass is 16.4. The van der Waals surface area contributed by atoms with Gasteiger partial charge in [0.05, 0.1) is 11.4 Å². The van der Waals surface area contributed by atoms with Gasteiger partial charge in [0, 0.05) is 0 Å². The van der Waals surface area contributed by atoms with Crippen molar-refractivity contribution in [2.45, 2.75) is 46.1 Å². The summed E-state index contributed by atoms with van der Waals surface area (Å²) < 4.78 is 0. The number of carboxylic acid groups (broad SMARTS) is 1. The topological polar surface area (TPSA) is 104 Å². The Bertz CT molecular complexity index is 813. The number of amides is 2. The second-order valence-corrected chi connectivity index (χ2v) is 7.77. The molecule has 1 fully saturated rings. The van der Waals surface area contributed by atoms with Gasteiger partial charge in [0.1, 0.15) is 12.0 Å². The van der Waals surface area contributed by atoms with Crippen molar-refractivity contribution < 1.29 is 19.5 Å². The third-order valence-corrected chi connectivity index (χ3v) is 5.06. The molecule has 2 aromatic carbocycles. The maximum Gasteiger partial charge on any atom is 0.320 e. The predicted octanol–water partition coefficient (Wildman–Crippen LogP) is 3.84. The van der Waals surface area contributed by atoms with E-state index in [4.69, 9.17) is 10.8 Å². The zero-order valence-corrected chi connectivity index (χ0v) is 18.3. The number of nitrogens with two attached hydrogens (primary N) is 1. The van der Waals surface area contributed by atoms with E-state index in [0.29, 0.717) is 17.8 Å². The molecule has 0 saturated carbocycles. The molecule has 1 heterocycles. The number of benzene rings is 2. The quantitative estimate of drug-likeness (QED) is 0.656. The largest absolute Gasteiger partial charge is 0.480 e. The molecule has 3 N–H and O–H groups in total. The maximum atomic E-state index is 12.9. The molecular formula is C24H31N3O4. The molecule has 2 aromatic rings. The van der Waals surface area contributed by atoms with E-state index in [0.717, 1.165) is 12.8 Å². The summed E-state index contributed by atoms with van der Waals surface area (Å²) in [5, 5.41) is 11.3. The number of carboxylic acids is 1. The molecule has 1 aliphatic heterocycles. The lowest BCUT2D eigenvalue weighted by Crippen LogP contribution is -2.41. The smallest absolute Gasteiger partial charge is 0.320 e. The monoisotopic (exact) mass is 425 g/mol. The number of aliphatic carboxylic acids is 1. The van der Waals surface area contributed by atoms with Crippen LogP contribution in [0, 0.1) is 11.8 Å². The minimum Gasteiger partial charge on any atom is -0.480 e. The average Bonchev–Trinajstić information content (AvgIpc) is 3.02. The third-order valence-electron chi connectivity index (χ3n) is 5.06. The molecule has 0 unspecified atom stereocenters. The van der Waals surface area contributed by atoms with Gasteiger partial charge in [0.25, 0.3) is 11.8 Å². The first-order valence-corrected chi connectivity index (χ1v) is 10.6. The molecule has 0 spiro atoms. The summed E-state index contributed by atoms with van der Waals surface area (Å²) in [7, 11) is 0. The summed E-state index contributed by atoms with van der Waals surface area (Å²) in [5.74, 6) is -1.78. The summed E-state index contributed by atoms with van der Waals surface area (Å²) in [6.45, 7) is 5.62. The lowest BCUT2D eigenvalue weighted by atomic mass is 10.0. The van der Waals surface area contributed by atoms with Crippen molar-refractivity contribution in [3.05, 3.63) is 60.7 Å². The summed E-state index contributed by atoms with van der Waals surface area (Å²) in [6.07, 6.45) is 2.43. The summed E-state index contributed by atoms with van der Waals surface area (Å²) in [6, 6.07) is 18.0. The van der Waals surface area contributed by atoms with E-state index in [9.17, 15) is 14.4 Å². The van der Waals surface area contributed by atoms with Crippen LogP contribution in [0.5, 0.6) is 0 Å². The second kappa shape index (κ2) is 11.3. The second-order valence-electron chi connectivity index (χ2n) is 7.77. The molecule has 31 heavy (non-hydrogen) atoms. The Morgan fingerprint density at radius 3 is 1.65 bits per heavy atom. The van der Waals surface area contributed by atoms with Gasteiger partial charge in [-0.15, -0.1) is 0 Å². The standard InChI is InChI=1S/C19H20N2O2.C5H11NO2/c1-2-3-14-17-18(22)20(15-10-6-4-7-11-15)21(19(17)23)16-12-8-5-9-13-16;1-3(2)4(6)5(7)8/h4-13,17H,2-3,14H2,1H3;3-4H,6H2,1-2H3,(H,7,8)/t;4-/m.0/s1. The van der Waals surface area contributed by atoms with Crippen LogP contribution < -0.4 is 15.8 Å². The van der Waals surface area contributed by atoms with E-state index < -0.39 is 17.9 Å². The van der Waals surface area contributed by atoms with Crippen molar-refractivity contribution in [3.8, 4) is 0 Å². The van der Waals surface area contributed by atoms with Crippen LogP contribution in [-0.4, -0.2) is 28.9 Å². The van der Waals surface area contributed by atoms with E-state index in [1.807, 2.05) is 60.7 Å². The van der Waals surface area contributed by atoms with Gasteiger partial charge in [0.15, 0.2) is 0 Å². The van der Waals surface area contributed by atoms with Crippen molar-refractivity contribution in [1.29, 1.82) is 0 Å². The first-order chi connectivity index (χ1) is 14.8. The number of carbonyl (C=O) groups is 3. The molecule has 7 nitrogen and oxygen atoms in total. The average molecular weight is 426 g/mol. The molecule has 7 heteroatoms. The molecule has 0 aliphatic carbocycles. The molecule has 1 atom stereocenters. The number of unbranched alkanes of at least 4 members (excludes halogenated alkanes) is 1.